The molecular formula is C25H26ClN5O. The quantitative estimate of drug-likeness (QED) is 0.357. The van der Waals surface area contributed by atoms with Gasteiger partial charge < -0.3 is 5.11 Å². The van der Waals surface area contributed by atoms with E-state index in [1.165, 1.54) is 0 Å². The van der Waals surface area contributed by atoms with Crippen LogP contribution in [-0.2, 0) is 19.4 Å². The number of tetrazole rings is 1. The lowest BCUT2D eigenvalue weighted by atomic mass is 9.92. The molecule has 6 nitrogen and oxygen atoms in total. The van der Waals surface area contributed by atoms with Crippen LogP contribution < -0.4 is 0 Å². The predicted molar refractivity (Wildman–Crippen MR) is 126 cm³/mol. The first-order chi connectivity index (χ1) is 15.6. The second-order valence-electron chi connectivity index (χ2n) is 7.85. The first kappa shape index (κ1) is 22.1. The molecule has 0 amide bonds. The number of aryl methyl sites for hydroxylation is 1. The summed E-state index contributed by atoms with van der Waals surface area (Å²) in [6.07, 6.45) is 3.67. The van der Waals surface area contributed by atoms with Gasteiger partial charge in [-0.05, 0) is 64.8 Å². The van der Waals surface area contributed by atoms with Crippen LogP contribution in [0.5, 0.6) is 0 Å². The molecule has 0 radical (unpaired) electrons. The minimum atomic E-state index is -0.0430. The van der Waals surface area contributed by atoms with Crippen molar-refractivity contribution in [1.29, 1.82) is 0 Å². The highest BCUT2D eigenvalue weighted by molar-refractivity contribution is 6.30. The molecule has 0 saturated carbocycles. The second-order valence-corrected chi connectivity index (χ2v) is 8.21. The molecule has 4 rings (SSSR count). The van der Waals surface area contributed by atoms with Gasteiger partial charge in [-0.15, -0.1) is 10.2 Å². The summed E-state index contributed by atoms with van der Waals surface area (Å²) in [5, 5.41) is 25.0. The topological polar surface area (TPSA) is 87.6 Å². The van der Waals surface area contributed by atoms with Gasteiger partial charge in [-0.25, -0.2) is 4.98 Å². The molecule has 0 aliphatic carbocycles. The van der Waals surface area contributed by atoms with Crippen LogP contribution in [0.15, 0.2) is 48.5 Å². The number of H-pyrrole nitrogens is 1. The maximum absolute atomic E-state index is 10.1. The fourth-order valence-corrected chi connectivity index (χ4v) is 4.20. The normalized spacial score (nSPS) is 11.1. The van der Waals surface area contributed by atoms with E-state index in [2.05, 4.69) is 62.9 Å². The average Bonchev–Trinajstić information content (AvgIpc) is 3.36. The molecule has 164 valence electrons. The van der Waals surface area contributed by atoms with Gasteiger partial charge in [-0.2, -0.15) is 5.21 Å². The summed E-state index contributed by atoms with van der Waals surface area (Å²) in [6.45, 7) is 4.04. The van der Waals surface area contributed by atoms with Crippen LogP contribution in [-0.4, -0.2) is 30.7 Å². The zero-order valence-corrected chi connectivity index (χ0v) is 19.0. The Hall–Kier alpha value is -3.09. The van der Waals surface area contributed by atoms with Gasteiger partial charge in [0.1, 0.15) is 5.15 Å². The van der Waals surface area contributed by atoms with Gasteiger partial charge in [-0.3, -0.25) is 0 Å². The lowest BCUT2D eigenvalue weighted by Gasteiger charge is -2.17. The van der Waals surface area contributed by atoms with Crippen molar-refractivity contribution >= 4 is 11.6 Å². The molecule has 2 heterocycles. The number of aliphatic hydroxyl groups excluding tert-OH is 1. The van der Waals surface area contributed by atoms with E-state index >= 15 is 0 Å². The highest BCUT2D eigenvalue weighted by atomic mass is 35.5. The molecule has 0 aliphatic rings. The molecule has 0 atom stereocenters. The van der Waals surface area contributed by atoms with Gasteiger partial charge in [-0.1, -0.05) is 73.5 Å². The number of pyridine rings is 1. The van der Waals surface area contributed by atoms with Crippen LogP contribution in [0.4, 0.5) is 0 Å². The third-order valence-electron chi connectivity index (χ3n) is 5.79. The Morgan fingerprint density at radius 1 is 1.00 bits per heavy atom. The van der Waals surface area contributed by atoms with Crippen molar-refractivity contribution < 1.29 is 5.11 Å². The minimum Gasteiger partial charge on any atom is -0.392 e. The Morgan fingerprint density at radius 2 is 1.75 bits per heavy atom. The summed E-state index contributed by atoms with van der Waals surface area (Å²) < 4.78 is 0. The second kappa shape index (κ2) is 10.0. The smallest absolute Gasteiger partial charge is 0.205 e. The SMILES string of the molecule is CCCCc1nc(Cl)c(C)c(CO)c1Cc1ccc(-c2ccccc2-c2nn[nH]n2)cc1. The summed E-state index contributed by atoms with van der Waals surface area (Å²) in [5.74, 6) is 0.570. The Bertz CT molecular complexity index is 1190. The number of aliphatic hydroxyl groups is 1. The van der Waals surface area contributed by atoms with Crippen molar-refractivity contribution in [3.63, 3.8) is 0 Å². The number of halogens is 1. The lowest BCUT2D eigenvalue weighted by molar-refractivity contribution is 0.279. The van der Waals surface area contributed by atoms with E-state index in [1.54, 1.807) is 0 Å². The minimum absolute atomic E-state index is 0.0430. The van der Waals surface area contributed by atoms with Crippen molar-refractivity contribution in [2.24, 2.45) is 0 Å². The van der Waals surface area contributed by atoms with Crippen molar-refractivity contribution in [3.05, 3.63) is 81.6 Å². The Labute approximate surface area is 192 Å². The monoisotopic (exact) mass is 447 g/mol. The van der Waals surface area contributed by atoms with Crippen LogP contribution >= 0.6 is 11.6 Å². The highest BCUT2D eigenvalue weighted by Crippen LogP contribution is 2.31. The van der Waals surface area contributed by atoms with Gasteiger partial charge in [0.05, 0.1) is 6.61 Å². The van der Waals surface area contributed by atoms with Crippen LogP contribution in [0.3, 0.4) is 0 Å². The van der Waals surface area contributed by atoms with Crippen LogP contribution in [0.1, 0.15) is 47.7 Å². The van der Waals surface area contributed by atoms with Gasteiger partial charge in [0, 0.05) is 11.3 Å². The number of hydrogen-bond acceptors (Lipinski definition) is 5. The number of aromatic amines is 1. The number of rotatable bonds is 8. The number of unbranched alkanes of at least 4 members (excludes halogenated alkanes) is 1. The first-order valence-corrected chi connectivity index (χ1v) is 11.2. The Balaban J connectivity index is 1.67. The largest absolute Gasteiger partial charge is 0.392 e. The molecule has 0 fully saturated rings. The molecule has 2 aromatic carbocycles. The van der Waals surface area contributed by atoms with Crippen LogP contribution in [0.2, 0.25) is 5.15 Å². The van der Waals surface area contributed by atoms with Crippen molar-refractivity contribution in [2.75, 3.05) is 0 Å². The highest BCUT2D eigenvalue weighted by Gasteiger charge is 2.17. The van der Waals surface area contributed by atoms with Crippen LogP contribution in [0, 0.1) is 6.92 Å². The lowest BCUT2D eigenvalue weighted by Crippen LogP contribution is -2.08. The van der Waals surface area contributed by atoms with E-state index in [1.807, 2.05) is 25.1 Å². The first-order valence-electron chi connectivity index (χ1n) is 10.8. The summed E-state index contributed by atoms with van der Waals surface area (Å²) in [4.78, 5) is 4.65. The fourth-order valence-electron chi connectivity index (χ4n) is 3.98. The van der Waals surface area contributed by atoms with Crippen LogP contribution in [0.25, 0.3) is 22.5 Å². The number of hydrogen-bond donors (Lipinski definition) is 2. The molecular weight excluding hydrogens is 422 g/mol. The standard InChI is InChI=1S/C25H26ClN5O/c1-3-4-9-23-21(22(15-32)16(2)24(26)27-23)14-17-10-12-18(13-11-17)19-7-5-6-8-20(19)25-28-30-31-29-25/h5-8,10-13,32H,3-4,9,14-15H2,1-2H3,(H,28,29,30,31). The van der Waals surface area contributed by atoms with Gasteiger partial charge in [0.25, 0.3) is 0 Å². The summed E-state index contributed by atoms with van der Waals surface area (Å²) in [6, 6.07) is 16.5. The molecule has 0 spiro atoms. The fraction of sp³-hybridized carbons (Fsp3) is 0.280. The van der Waals surface area contributed by atoms with Crippen molar-refractivity contribution in [1.82, 2.24) is 25.6 Å². The van der Waals surface area contributed by atoms with Crippen molar-refractivity contribution in [2.45, 2.75) is 46.1 Å². The maximum Gasteiger partial charge on any atom is 0.205 e. The van der Waals surface area contributed by atoms with E-state index < -0.39 is 0 Å². The summed E-state index contributed by atoms with van der Waals surface area (Å²) in [7, 11) is 0. The molecule has 2 aromatic heterocycles. The summed E-state index contributed by atoms with van der Waals surface area (Å²) >= 11 is 6.36. The molecule has 0 bridgehead atoms. The average molecular weight is 448 g/mol. The Morgan fingerprint density at radius 3 is 2.41 bits per heavy atom. The third-order valence-corrected chi connectivity index (χ3v) is 6.16. The van der Waals surface area contributed by atoms with E-state index in [9.17, 15) is 5.11 Å². The zero-order chi connectivity index (χ0) is 22.5. The molecule has 0 aliphatic heterocycles. The zero-order valence-electron chi connectivity index (χ0n) is 18.3. The van der Waals surface area contributed by atoms with Crippen molar-refractivity contribution in [3.8, 4) is 22.5 Å². The van der Waals surface area contributed by atoms with E-state index in [4.69, 9.17) is 11.6 Å². The number of benzene rings is 2. The van der Waals surface area contributed by atoms with E-state index in [0.29, 0.717) is 17.4 Å². The number of nitrogens with one attached hydrogen (secondary N) is 1. The molecule has 32 heavy (non-hydrogen) atoms. The predicted octanol–water partition coefficient (Wildman–Crippen LogP) is 5.32. The van der Waals surface area contributed by atoms with Gasteiger partial charge >= 0.3 is 0 Å². The molecule has 2 N–H and O–H groups in total. The third kappa shape index (κ3) is 4.56. The molecule has 7 heteroatoms. The number of aromatic nitrogens is 5. The molecule has 0 saturated heterocycles. The Kier molecular flexibility index (Phi) is 6.93. The summed E-state index contributed by atoms with van der Waals surface area (Å²) in [5.41, 5.74) is 8.02. The van der Waals surface area contributed by atoms with Gasteiger partial charge in [0.2, 0.25) is 5.82 Å². The molecule has 4 aromatic rings. The number of nitrogens with zero attached hydrogens (tertiary/aromatic N) is 4. The van der Waals surface area contributed by atoms with E-state index in [-0.39, 0.29) is 6.61 Å². The van der Waals surface area contributed by atoms with E-state index in [0.717, 1.165) is 63.9 Å². The maximum atomic E-state index is 10.1. The van der Waals surface area contributed by atoms with Gasteiger partial charge in [0.15, 0.2) is 0 Å². The molecule has 0 unspecified atom stereocenters.